The van der Waals surface area contributed by atoms with Crippen LogP contribution in [0.1, 0.15) is 0 Å². The predicted molar refractivity (Wildman–Crippen MR) is 76.9 cm³/mol. The molecule has 0 aromatic carbocycles. The van der Waals surface area contributed by atoms with E-state index >= 15 is 0 Å². The van der Waals surface area contributed by atoms with Gasteiger partial charge in [0.15, 0.2) is 8.32 Å². The monoisotopic (exact) mass is 246 g/mol. The largest absolute Gasteiger partial charge is 0.481 e. The Labute approximate surface area is 93.8 Å². The molecule has 0 aliphatic heterocycles. The Morgan fingerprint density at radius 3 is 1.00 bits per heavy atom. The fraction of sp³-hybridized carbons (Fsp3) is 1.00. The SMILES string of the molecule is C[Si](C)(C)OB([Si](C)(C)C)[Si](C)(C)C. The average molecular weight is 246 g/mol. The molecule has 0 spiro atoms. The van der Waals surface area contributed by atoms with Crippen LogP contribution in [0.2, 0.25) is 58.9 Å². The smallest absolute Gasteiger partial charge is 0.252 e. The van der Waals surface area contributed by atoms with Crippen LogP contribution in [0.25, 0.3) is 0 Å². The predicted octanol–water partition coefficient (Wildman–Crippen LogP) is 3.66. The van der Waals surface area contributed by atoms with Gasteiger partial charge >= 0.3 is 0 Å². The average Bonchev–Trinajstić information content (AvgIpc) is 1.75. The van der Waals surface area contributed by atoms with Crippen LogP contribution in [-0.4, -0.2) is 30.3 Å². The van der Waals surface area contributed by atoms with Crippen molar-refractivity contribution in [3.8, 4) is 0 Å². The lowest BCUT2D eigenvalue weighted by atomic mass is 10.5. The first-order valence-electron chi connectivity index (χ1n) is 5.52. The van der Waals surface area contributed by atoms with Gasteiger partial charge in [-0.25, -0.2) is 0 Å². The standard InChI is InChI=1S/C9H27BOSi3/c1-12(2,3)10(13(4,5)6)11-14(7,8)9/h1-9H3. The van der Waals surface area contributed by atoms with E-state index in [4.69, 9.17) is 4.34 Å². The maximum absolute atomic E-state index is 6.43. The lowest BCUT2D eigenvalue weighted by molar-refractivity contribution is 0.600. The molecule has 0 N–H and O–H groups in total. The van der Waals surface area contributed by atoms with Gasteiger partial charge in [0.1, 0.15) is 0 Å². The van der Waals surface area contributed by atoms with E-state index in [1.54, 1.807) is 0 Å². The molecule has 0 rings (SSSR count). The van der Waals surface area contributed by atoms with E-state index < -0.39 is 24.2 Å². The van der Waals surface area contributed by atoms with E-state index in [9.17, 15) is 0 Å². The molecular weight excluding hydrogens is 219 g/mol. The summed E-state index contributed by atoms with van der Waals surface area (Å²) in [6.07, 6.45) is 0.613. The van der Waals surface area contributed by atoms with Crippen molar-refractivity contribution in [2.75, 3.05) is 0 Å². The Bertz CT molecular complexity index is 174. The van der Waals surface area contributed by atoms with Gasteiger partial charge in [0, 0.05) is 15.9 Å². The molecule has 0 bridgehead atoms. The van der Waals surface area contributed by atoms with Gasteiger partial charge < -0.3 is 4.34 Å². The number of rotatable bonds is 4. The fourth-order valence-corrected chi connectivity index (χ4v) is 18.1. The van der Waals surface area contributed by atoms with Crippen LogP contribution in [0.5, 0.6) is 0 Å². The zero-order valence-electron chi connectivity index (χ0n) is 11.5. The van der Waals surface area contributed by atoms with Crippen LogP contribution < -0.4 is 0 Å². The topological polar surface area (TPSA) is 9.23 Å². The van der Waals surface area contributed by atoms with Crippen molar-refractivity contribution >= 4 is 30.3 Å². The zero-order chi connectivity index (χ0) is 11.8. The Morgan fingerprint density at radius 1 is 0.643 bits per heavy atom. The molecular formula is C9H27BOSi3. The van der Waals surface area contributed by atoms with Gasteiger partial charge in [-0.15, -0.1) is 0 Å². The number of hydrogen-bond acceptors (Lipinski definition) is 1. The van der Waals surface area contributed by atoms with Gasteiger partial charge in [-0.3, -0.25) is 0 Å². The molecule has 0 radical (unpaired) electrons. The molecule has 0 aliphatic carbocycles. The van der Waals surface area contributed by atoms with Crippen molar-refractivity contribution < 1.29 is 4.34 Å². The molecule has 14 heavy (non-hydrogen) atoms. The normalized spacial score (nSPS) is 14.4. The summed E-state index contributed by atoms with van der Waals surface area (Å²) in [5.41, 5.74) is 0. The van der Waals surface area contributed by atoms with Gasteiger partial charge in [-0.05, 0) is 19.6 Å². The molecule has 0 fully saturated rings. The van der Waals surface area contributed by atoms with Crippen molar-refractivity contribution in [3.63, 3.8) is 0 Å². The minimum absolute atomic E-state index is 0.613. The highest BCUT2D eigenvalue weighted by atomic mass is 28.4. The summed E-state index contributed by atoms with van der Waals surface area (Å²) in [6.45, 7) is 21.6. The Kier molecular flexibility index (Phi) is 4.48. The Hall–Kier alpha value is 0.676. The van der Waals surface area contributed by atoms with E-state index in [0.717, 1.165) is 0 Å². The lowest BCUT2D eigenvalue weighted by Crippen LogP contribution is -2.63. The molecule has 0 amide bonds. The first-order chi connectivity index (χ1) is 5.84. The molecule has 0 aromatic heterocycles. The highest BCUT2D eigenvalue weighted by Crippen LogP contribution is 2.22. The van der Waals surface area contributed by atoms with Crippen LogP contribution in [0.15, 0.2) is 0 Å². The van der Waals surface area contributed by atoms with Gasteiger partial charge in [0.05, 0.1) is 0 Å². The summed E-state index contributed by atoms with van der Waals surface area (Å²) >= 11 is 0. The van der Waals surface area contributed by atoms with Crippen molar-refractivity contribution in [1.82, 2.24) is 0 Å². The molecule has 0 aromatic rings. The van der Waals surface area contributed by atoms with Crippen molar-refractivity contribution in [1.29, 1.82) is 0 Å². The Morgan fingerprint density at radius 2 is 0.929 bits per heavy atom. The van der Waals surface area contributed by atoms with Crippen LogP contribution in [0, 0.1) is 0 Å². The Balaban J connectivity index is 4.78. The van der Waals surface area contributed by atoms with Crippen LogP contribution in [-0.2, 0) is 4.34 Å². The molecule has 0 aliphatic rings. The van der Waals surface area contributed by atoms with Crippen molar-refractivity contribution in [2.24, 2.45) is 0 Å². The molecule has 5 heteroatoms. The molecule has 0 heterocycles. The fourth-order valence-electron chi connectivity index (χ4n) is 2.01. The second kappa shape index (κ2) is 4.27. The molecule has 84 valence electrons. The summed E-state index contributed by atoms with van der Waals surface area (Å²) in [7, 11) is -3.69. The summed E-state index contributed by atoms with van der Waals surface area (Å²) < 4.78 is 6.43. The maximum atomic E-state index is 6.43. The van der Waals surface area contributed by atoms with E-state index in [2.05, 4.69) is 58.9 Å². The maximum Gasteiger partial charge on any atom is 0.252 e. The van der Waals surface area contributed by atoms with Gasteiger partial charge in [0.2, 0.25) is 0 Å². The summed E-state index contributed by atoms with van der Waals surface area (Å²) in [6, 6.07) is 0. The second-order valence-corrected chi connectivity index (χ2v) is 22.9. The third kappa shape index (κ3) is 5.53. The van der Waals surface area contributed by atoms with Crippen molar-refractivity contribution in [3.05, 3.63) is 0 Å². The lowest BCUT2D eigenvalue weighted by Gasteiger charge is -2.39. The zero-order valence-corrected chi connectivity index (χ0v) is 14.5. The molecule has 0 unspecified atom stereocenters. The molecule has 0 atom stereocenters. The van der Waals surface area contributed by atoms with E-state index in [1.165, 1.54) is 0 Å². The van der Waals surface area contributed by atoms with E-state index in [-0.39, 0.29) is 0 Å². The third-order valence-electron chi connectivity index (χ3n) is 2.04. The second-order valence-electron chi connectivity index (χ2n) is 7.34. The van der Waals surface area contributed by atoms with Gasteiger partial charge in [0.25, 0.3) is 6.10 Å². The number of hydrogen-bond donors (Lipinski definition) is 0. The highest BCUT2D eigenvalue weighted by Gasteiger charge is 2.44. The quantitative estimate of drug-likeness (QED) is 0.688. The summed E-state index contributed by atoms with van der Waals surface area (Å²) in [4.78, 5) is 0. The van der Waals surface area contributed by atoms with Crippen LogP contribution >= 0.6 is 0 Å². The first-order valence-corrected chi connectivity index (χ1v) is 16.1. The van der Waals surface area contributed by atoms with E-state index in [0.29, 0.717) is 6.10 Å². The van der Waals surface area contributed by atoms with Gasteiger partial charge in [-0.2, -0.15) is 0 Å². The molecule has 0 saturated heterocycles. The molecule has 0 saturated carbocycles. The summed E-state index contributed by atoms with van der Waals surface area (Å²) in [5.74, 6) is 0. The van der Waals surface area contributed by atoms with Crippen LogP contribution in [0.4, 0.5) is 0 Å². The minimum Gasteiger partial charge on any atom is -0.481 e. The molecule has 1 nitrogen and oxygen atoms in total. The van der Waals surface area contributed by atoms with Gasteiger partial charge in [-0.1, -0.05) is 39.3 Å². The van der Waals surface area contributed by atoms with Crippen molar-refractivity contribution in [2.45, 2.75) is 58.9 Å². The van der Waals surface area contributed by atoms with Crippen LogP contribution in [0.3, 0.4) is 0 Å². The summed E-state index contributed by atoms with van der Waals surface area (Å²) in [5, 5.41) is 0. The first kappa shape index (κ1) is 14.7. The third-order valence-corrected chi connectivity index (χ3v) is 12.0. The highest BCUT2D eigenvalue weighted by molar-refractivity contribution is 7.58. The van der Waals surface area contributed by atoms with E-state index in [1.807, 2.05) is 0 Å². The minimum atomic E-state index is -1.37.